The van der Waals surface area contributed by atoms with Gasteiger partial charge in [-0.2, -0.15) is 4.39 Å². The first-order valence-corrected chi connectivity index (χ1v) is 9.02. The monoisotopic (exact) mass is 362 g/mol. The summed E-state index contributed by atoms with van der Waals surface area (Å²) < 4.78 is 13.8. The molecule has 2 N–H and O–H groups in total. The number of thioether (sulfide) groups is 1. The zero-order chi connectivity index (χ0) is 17.7. The summed E-state index contributed by atoms with van der Waals surface area (Å²) in [6.07, 6.45) is 2.70. The van der Waals surface area contributed by atoms with Crippen molar-refractivity contribution in [3.8, 4) is 5.75 Å². The van der Waals surface area contributed by atoms with Crippen LogP contribution in [0.3, 0.4) is 0 Å². The quantitative estimate of drug-likeness (QED) is 0.618. The molecule has 1 atom stereocenters. The van der Waals surface area contributed by atoms with Crippen LogP contribution in [0.5, 0.6) is 5.75 Å². The smallest absolute Gasteiger partial charge is 0.305 e. The molecule has 6 nitrogen and oxygen atoms in total. The number of hydrogen-bond acceptors (Lipinski definition) is 6. The molecule has 0 bridgehead atoms. The predicted molar refractivity (Wildman–Crippen MR) is 90.6 cm³/mol. The molecule has 0 amide bonds. The molecule has 8 heteroatoms. The highest BCUT2D eigenvalue weighted by Crippen LogP contribution is 2.52. The number of hydrogen-bond donors (Lipinski definition) is 2. The third kappa shape index (κ3) is 2.52. The molecule has 3 aliphatic rings. The lowest BCUT2D eigenvalue weighted by molar-refractivity contribution is -0.387. The van der Waals surface area contributed by atoms with Gasteiger partial charge < -0.3 is 10.4 Å². The van der Waals surface area contributed by atoms with Crippen molar-refractivity contribution in [1.29, 1.82) is 0 Å². The number of nitrogens with one attached hydrogen (secondary N) is 1. The summed E-state index contributed by atoms with van der Waals surface area (Å²) >= 11 is 1.57. The Bertz CT molecular complexity index is 878. The Kier molecular flexibility index (Phi) is 3.79. The van der Waals surface area contributed by atoms with Gasteiger partial charge in [-0.1, -0.05) is 0 Å². The summed E-state index contributed by atoms with van der Waals surface area (Å²) in [5.74, 6) is -1.19. The molecule has 0 aromatic heterocycles. The lowest BCUT2D eigenvalue weighted by Gasteiger charge is -2.33. The molecular weight excluding hydrogens is 347 g/mol. The third-order valence-corrected chi connectivity index (χ3v) is 6.02. The van der Waals surface area contributed by atoms with Crippen LogP contribution in [-0.4, -0.2) is 21.6 Å². The summed E-state index contributed by atoms with van der Waals surface area (Å²) in [5, 5.41) is 24.8. The number of allylic oxidation sites excluding steroid dienone is 4. The Morgan fingerprint density at radius 3 is 2.84 bits per heavy atom. The third-order valence-electron chi connectivity index (χ3n) is 4.82. The summed E-state index contributed by atoms with van der Waals surface area (Å²) in [6.45, 7) is 0. The molecule has 1 aromatic carbocycles. The highest BCUT2D eigenvalue weighted by molar-refractivity contribution is 8.03. The van der Waals surface area contributed by atoms with Gasteiger partial charge >= 0.3 is 5.69 Å². The van der Waals surface area contributed by atoms with Gasteiger partial charge in [0.1, 0.15) is 5.75 Å². The SMILES string of the molecule is O=C1CCCC2=C1C(c1cc([N+](=O)[O-])c(F)cc1O)C1=C(CCS1)N2. The summed E-state index contributed by atoms with van der Waals surface area (Å²) in [7, 11) is 0. The molecule has 0 saturated carbocycles. The van der Waals surface area contributed by atoms with E-state index >= 15 is 0 Å². The van der Waals surface area contributed by atoms with Gasteiger partial charge in [-0.3, -0.25) is 14.9 Å². The summed E-state index contributed by atoms with van der Waals surface area (Å²) in [4.78, 5) is 23.8. The van der Waals surface area contributed by atoms with Gasteiger partial charge in [-0.05, 0) is 19.3 Å². The largest absolute Gasteiger partial charge is 0.508 e. The maximum absolute atomic E-state index is 13.8. The van der Waals surface area contributed by atoms with Crippen molar-refractivity contribution in [1.82, 2.24) is 5.32 Å². The van der Waals surface area contributed by atoms with Crippen LogP contribution in [0, 0.1) is 15.9 Å². The van der Waals surface area contributed by atoms with Crippen LogP contribution in [0.1, 0.15) is 37.2 Å². The van der Waals surface area contributed by atoms with E-state index in [1.807, 2.05) is 0 Å². The number of carbonyl (C=O) groups is 1. The van der Waals surface area contributed by atoms with E-state index in [0.29, 0.717) is 12.0 Å². The van der Waals surface area contributed by atoms with E-state index in [4.69, 9.17) is 0 Å². The molecule has 130 valence electrons. The average molecular weight is 362 g/mol. The van der Waals surface area contributed by atoms with Crippen LogP contribution in [0.25, 0.3) is 0 Å². The van der Waals surface area contributed by atoms with Gasteiger partial charge in [0.25, 0.3) is 0 Å². The lowest BCUT2D eigenvalue weighted by Crippen LogP contribution is -2.30. The molecule has 0 radical (unpaired) electrons. The molecule has 2 aliphatic heterocycles. The molecule has 4 rings (SSSR count). The molecule has 0 spiro atoms. The van der Waals surface area contributed by atoms with Crippen LogP contribution in [0.15, 0.2) is 34.0 Å². The number of nitrogens with zero attached hydrogens (tertiary/aromatic N) is 1. The van der Waals surface area contributed by atoms with E-state index in [0.717, 1.165) is 53.4 Å². The number of carbonyl (C=O) groups excluding carboxylic acids is 1. The molecular formula is C17H15FN2O4S. The molecule has 0 saturated heterocycles. The van der Waals surface area contributed by atoms with Crippen LogP contribution >= 0.6 is 11.8 Å². The number of phenols is 1. The molecule has 25 heavy (non-hydrogen) atoms. The minimum absolute atomic E-state index is 0.0239. The van der Waals surface area contributed by atoms with Crippen molar-refractivity contribution in [2.24, 2.45) is 0 Å². The molecule has 0 fully saturated rings. The maximum atomic E-state index is 13.8. The number of nitro groups is 1. The number of nitro benzene ring substituents is 1. The number of benzene rings is 1. The molecule has 2 heterocycles. The fourth-order valence-corrected chi connectivity index (χ4v) is 5.00. The van der Waals surface area contributed by atoms with E-state index in [1.54, 1.807) is 11.8 Å². The van der Waals surface area contributed by atoms with Crippen molar-refractivity contribution >= 4 is 23.2 Å². The van der Waals surface area contributed by atoms with Crippen molar-refractivity contribution in [2.75, 3.05) is 5.75 Å². The highest BCUT2D eigenvalue weighted by atomic mass is 32.2. The number of phenolic OH excluding ortho intramolecular Hbond substituents is 1. The predicted octanol–water partition coefficient (Wildman–Crippen LogP) is 3.48. The Morgan fingerprint density at radius 1 is 1.28 bits per heavy atom. The number of aromatic hydroxyl groups is 1. The second-order valence-corrected chi connectivity index (χ2v) is 7.42. The lowest BCUT2D eigenvalue weighted by atomic mass is 9.79. The van der Waals surface area contributed by atoms with E-state index < -0.39 is 22.3 Å². The van der Waals surface area contributed by atoms with E-state index in [2.05, 4.69) is 5.32 Å². The number of Topliss-reactive ketones (excluding diaryl/α,β-unsaturated/α-hetero) is 1. The Hall–Kier alpha value is -2.35. The van der Waals surface area contributed by atoms with Crippen LogP contribution in [0.2, 0.25) is 0 Å². The second kappa shape index (κ2) is 5.87. The second-order valence-electron chi connectivity index (χ2n) is 6.29. The molecule has 1 unspecified atom stereocenters. The standard InChI is InChI=1S/C17H15FN2O4S/c18-9-7-14(22)8(6-12(9)20(23)24)15-16-10(2-1-3-13(16)21)19-11-4-5-25-17(11)15/h6-7,15,19,22H,1-5H2. The number of rotatable bonds is 2. The maximum Gasteiger partial charge on any atom is 0.305 e. The number of ketones is 1. The minimum Gasteiger partial charge on any atom is -0.508 e. The summed E-state index contributed by atoms with van der Waals surface area (Å²) in [6, 6.07) is 1.83. The van der Waals surface area contributed by atoms with Crippen molar-refractivity contribution in [2.45, 2.75) is 31.6 Å². The fraction of sp³-hybridized carbons (Fsp3) is 0.353. The Labute approximate surface area is 146 Å². The van der Waals surface area contributed by atoms with Crippen molar-refractivity contribution < 1.29 is 19.2 Å². The minimum atomic E-state index is -1.09. The van der Waals surface area contributed by atoms with Gasteiger partial charge in [0.2, 0.25) is 5.82 Å². The van der Waals surface area contributed by atoms with E-state index in [9.17, 15) is 24.4 Å². The topological polar surface area (TPSA) is 92.5 Å². The first-order valence-electron chi connectivity index (χ1n) is 8.03. The van der Waals surface area contributed by atoms with E-state index in [1.165, 1.54) is 0 Å². The molecule has 1 aliphatic carbocycles. The zero-order valence-electron chi connectivity index (χ0n) is 13.2. The Morgan fingerprint density at radius 2 is 2.08 bits per heavy atom. The normalized spacial score (nSPS) is 22.6. The first-order chi connectivity index (χ1) is 12.0. The zero-order valence-corrected chi connectivity index (χ0v) is 14.0. The first kappa shape index (κ1) is 16.1. The van der Waals surface area contributed by atoms with E-state index in [-0.39, 0.29) is 17.1 Å². The van der Waals surface area contributed by atoms with Gasteiger partial charge in [-0.25, -0.2) is 0 Å². The molecule has 1 aromatic rings. The van der Waals surface area contributed by atoms with Crippen LogP contribution in [-0.2, 0) is 4.79 Å². The Balaban J connectivity index is 1.93. The number of halogens is 1. The van der Waals surface area contributed by atoms with Crippen molar-refractivity contribution in [3.63, 3.8) is 0 Å². The van der Waals surface area contributed by atoms with Crippen LogP contribution in [0.4, 0.5) is 10.1 Å². The average Bonchev–Trinajstić information content (AvgIpc) is 3.01. The van der Waals surface area contributed by atoms with Crippen LogP contribution < -0.4 is 5.32 Å². The van der Waals surface area contributed by atoms with Gasteiger partial charge in [0.15, 0.2) is 5.78 Å². The fourth-order valence-electron chi connectivity index (χ4n) is 3.73. The number of dihydropyridines is 1. The summed E-state index contributed by atoms with van der Waals surface area (Å²) in [5.41, 5.74) is 1.90. The highest BCUT2D eigenvalue weighted by Gasteiger charge is 2.40. The van der Waals surface area contributed by atoms with Crippen molar-refractivity contribution in [3.05, 3.63) is 55.5 Å². The van der Waals surface area contributed by atoms with Gasteiger partial charge in [0, 0.05) is 51.7 Å². The van der Waals surface area contributed by atoms with Gasteiger partial charge in [0.05, 0.1) is 10.8 Å². The van der Waals surface area contributed by atoms with Gasteiger partial charge in [-0.15, -0.1) is 11.8 Å².